The summed E-state index contributed by atoms with van der Waals surface area (Å²) in [7, 11) is 0. The second kappa shape index (κ2) is 13.4. The highest BCUT2D eigenvalue weighted by molar-refractivity contribution is 9.10. The second-order valence-electron chi connectivity index (χ2n) is 7.25. The predicted octanol–water partition coefficient (Wildman–Crippen LogP) is 7.48. The maximum atomic E-state index is 6.10. The molecule has 0 aliphatic carbocycles. The minimum Gasteiger partial charge on any atom is -0.490 e. The summed E-state index contributed by atoms with van der Waals surface area (Å²) in [6.45, 7) is 6.07. The summed E-state index contributed by atoms with van der Waals surface area (Å²) in [6, 6.07) is 25.3. The van der Waals surface area contributed by atoms with Crippen LogP contribution in [0.25, 0.3) is 0 Å². The van der Waals surface area contributed by atoms with Crippen molar-refractivity contribution in [3.05, 3.63) is 94.0 Å². The van der Waals surface area contributed by atoms with Crippen LogP contribution in [0.1, 0.15) is 49.4 Å². The second-order valence-corrected chi connectivity index (χ2v) is 8.10. The average molecular weight is 505 g/mol. The van der Waals surface area contributed by atoms with Crippen LogP contribution >= 0.6 is 28.3 Å². The van der Waals surface area contributed by atoms with Gasteiger partial charge in [-0.05, 0) is 58.1 Å². The van der Waals surface area contributed by atoms with E-state index in [1.54, 1.807) is 0 Å². The van der Waals surface area contributed by atoms with E-state index in [1.165, 1.54) is 5.56 Å². The van der Waals surface area contributed by atoms with Gasteiger partial charge in [-0.25, -0.2) is 0 Å². The van der Waals surface area contributed by atoms with Crippen LogP contribution in [0.15, 0.2) is 77.3 Å². The van der Waals surface area contributed by atoms with Gasteiger partial charge in [0.25, 0.3) is 0 Å². The highest BCUT2D eigenvalue weighted by Gasteiger charge is 2.15. The quantitative estimate of drug-likeness (QED) is 0.293. The molecule has 1 unspecified atom stereocenters. The Morgan fingerprint density at radius 3 is 2.19 bits per heavy atom. The van der Waals surface area contributed by atoms with Gasteiger partial charge in [0.15, 0.2) is 11.5 Å². The maximum absolute atomic E-state index is 6.10. The molecular formula is C26H31BrClNO2. The zero-order valence-corrected chi connectivity index (χ0v) is 20.5. The van der Waals surface area contributed by atoms with E-state index in [0.29, 0.717) is 19.3 Å². The van der Waals surface area contributed by atoms with Crippen molar-refractivity contribution in [1.82, 2.24) is 5.32 Å². The van der Waals surface area contributed by atoms with Crippen molar-refractivity contribution >= 4 is 28.3 Å². The molecule has 0 aromatic heterocycles. The number of hydrogen-bond acceptors (Lipinski definition) is 3. The first kappa shape index (κ1) is 25.3. The van der Waals surface area contributed by atoms with Gasteiger partial charge in [-0.2, -0.15) is 0 Å². The van der Waals surface area contributed by atoms with E-state index in [0.717, 1.165) is 46.5 Å². The molecule has 0 bridgehead atoms. The molecule has 0 fully saturated rings. The monoisotopic (exact) mass is 503 g/mol. The van der Waals surface area contributed by atoms with E-state index in [-0.39, 0.29) is 12.4 Å². The summed E-state index contributed by atoms with van der Waals surface area (Å²) < 4.78 is 12.9. The Morgan fingerprint density at radius 2 is 1.55 bits per heavy atom. The van der Waals surface area contributed by atoms with E-state index in [1.807, 2.05) is 25.1 Å². The molecule has 3 aromatic carbocycles. The Balaban J connectivity index is 0.00000341. The van der Waals surface area contributed by atoms with Gasteiger partial charge >= 0.3 is 0 Å². The molecule has 0 amide bonds. The van der Waals surface area contributed by atoms with Crippen LogP contribution in [-0.4, -0.2) is 6.61 Å². The van der Waals surface area contributed by atoms with E-state index in [9.17, 15) is 0 Å². The summed E-state index contributed by atoms with van der Waals surface area (Å²) in [5.74, 6) is 1.52. The number of ether oxygens (including phenoxy) is 2. The Hall–Kier alpha value is -2.01. The molecule has 3 aromatic rings. The number of halogens is 2. The lowest BCUT2D eigenvalue weighted by molar-refractivity contribution is 0.267. The van der Waals surface area contributed by atoms with Crippen molar-refractivity contribution in [2.45, 2.75) is 45.9 Å². The molecule has 0 radical (unpaired) electrons. The van der Waals surface area contributed by atoms with Crippen LogP contribution in [0, 0.1) is 0 Å². The van der Waals surface area contributed by atoms with Gasteiger partial charge in [0.05, 0.1) is 11.1 Å². The molecule has 0 heterocycles. The summed E-state index contributed by atoms with van der Waals surface area (Å²) in [6.07, 6.45) is 2.23. The number of benzene rings is 3. The smallest absolute Gasteiger partial charge is 0.175 e. The van der Waals surface area contributed by atoms with Gasteiger partial charge in [0.1, 0.15) is 6.61 Å². The lowest BCUT2D eigenvalue weighted by Gasteiger charge is -2.20. The molecule has 1 N–H and O–H groups in total. The molecule has 0 saturated heterocycles. The average Bonchev–Trinajstić information content (AvgIpc) is 2.77. The molecule has 0 spiro atoms. The van der Waals surface area contributed by atoms with Crippen molar-refractivity contribution in [3.8, 4) is 11.5 Å². The standard InChI is InChI=1S/C26H30BrNO2.ClH/c1-3-11-24(22-14-9-6-10-15-22)28-18-21-16-23(27)26(25(17-21)29-4-2)30-19-20-12-7-5-8-13-20;/h5-10,12-17,24,28H,3-4,11,18-19H2,1-2H3;1H. The van der Waals surface area contributed by atoms with Gasteiger partial charge in [0, 0.05) is 12.6 Å². The Labute approximate surface area is 200 Å². The molecule has 31 heavy (non-hydrogen) atoms. The molecule has 1 atom stereocenters. The van der Waals surface area contributed by atoms with Crippen LogP contribution in [0.2, 0.25) is 0 Å². The molecule has 0 saturated carbocycles. The first-order chi connectivity index (χ1) is 14.7. The molecule has 166 valence electrons. The van der Waals surface area contributed by atoms with Crippen LogP contribution in [0.4, 0.5) is 0 Å². The van der Waals surface area contributed by atoms with E-state index in [2.05, 4.69) is 82.8 Å². The van der Waals surface area contributed by atoms with Crippen molar-refractivity contribution in [2.24, 2.45) is 0 Å². The topological polar surface area (TPSA) is 30.5 Å². The number of nitrogens with one attached hydrogen (secondary N) is 1. The molecule has 0 aliphatic heterocycles. The minimum atomic E-state index is 0. The normalized spacial score (nSPS) is 11.5. The summed E-state index contributed by atoms with van der Waals surface area (Å²) in [5.41, 5.74) is 3.61. The van der Waals surface area contributed by atoms with Crippen LogP contribution in [0.3, 0.4) is 0 Å². The van der Waals surface area contributed by atoms with Gasteiger partial charge in [-0.15, -0.1) is 12.4 Å². The molecule has 5 heteroatoms. The highest BCUT2D eigenvalue weighted by Crippen LogP contribution is 2.37. The van der Waals surface area contributed by atoms with Crippen LogP contribution < -0.4 is 14.8 Å². The number of rotatable bonds is 11. The van der Waals surface area contributed by atoms with Crippen molar-refractivity contribution < 1.29 is 9.47 Å². The lowest BCUT2D eigenvalue weighted by Crippen LogP contribution is -2.21. The largest absolute Gasteiger partial charge is 0.490 e. The predicted molar refractivity (Wildman–Crippen MR) is 134 cm³/mol. The van der Waals surface area contributed by atoms with E-state index in [4.69, 9.17) is 9.47 Å². The fraction of sp³-hybridized carbons (Fsp3) is 0.308. The fourth-order valence-electron chi connectivity index (χ4n) is 3.46. The van der Waals surface area contributed by atoms with Crippen LogP contribution in [0.5, 0.6) is 11.5 Å². The summed E-state index contributed by atoms with van der Waals surface area (Å²) in [5, 5.41) is 3.71. The first-order valence-electron chi connectivity index (χ1n) is 10.6. The van der Waals surface area contributed by atoms with Gasteiger partial charge in [0.2, 0.25) is 0 Å². The van der Waals surface area contributed by atoms with E-state index < -0.39 is 0 Å². The van der Waals surface area contributed by atoms with Crippen molar-refractivity contribution in [2.75, 3.05) is 6.61 Å². The summed E-state index contributed by atoms with van der Waals surface area (Å²) >= 11 is 3.69. The number of hydrogen-bond donors (Lipinski definition) is 1. The Bertz CT molecular complexity index is 906. The van der Waals surface area contributed by atoms with Crippen molar-refractivity contribution in [1.29, 1.82) is 0 Å². The maximum Gasteiger partial charge on any atom is 0.175 e. The fourth-order valence-corrected chi connectivity index (χ4v) is 4.06. The van der Waals surface area contributed by atoms with E-state index >= 15 is 0 Å². The molecular weight excluding hydrogens is 474 g/mol. The van der Waals surface area contributed by atoms with Crippen LogP contribution in [-0.2, 0) is 13.2 Å². The SMILES string of the molecule is CCCC(NCc1cc(Br)c(OCc2ccccc2)c(OCC)c1)c1ccccc1.Cl. The third-order valence-corrected chi connectivity index (χ3v) is 5.52. The first-order valence-corrected chi connectivity index (χ1v) is 11.4. The minimum absolute atomic E-state index is 0. The molecule has 3 rings (SSSR count). The van der Waals surface area contributed by atoms with Gasteiger partial charge in [-0.3, -0.25) is 0 Å². The van der Waals surface area contributed by atoms with Crippen molar-refractivity contribution in [3.63, 3.8) is 0 Å². The molecule has 3 nitrogen and oxygen atoms in total. The third-order valence-electron chi connectivity index (χ3n) is 4.93. The zero-order valence-electron chi connectivity index (χ0n) is 18.1. The third kappa shape index (κ3) is 7.57. The summed E-state index contributed by atoms with van der Waals surface area (Å²) in [4.78, 5) is 0. The van der Waals surface area contributed by atoms with Gasteiger partial charge < -0.3 is 14.8 Å². The Kier molecular flexibility index (Phi) is 10.9. The van der Waals surface area contributed by atoms with Gasteiger partial charge in [-0.1, -0.05) is 74.0 Å². The zero-order chi connectivity index (χ0) is 21.2. The molecule has 0 aliphatic rings. The Morgan fingerprint density at radius 1 is 0.871 bits per heavy atom. The highest BCUT2D eigenvalue weighted by atomic mass is 79.9. The lowest BCUT2D eigenvalue weighted by atomic mass is 10.0.